The summed E-state index contributed by atoms with van der Waals surface area (Å²) < 4.78 is 63.6. The molecule has 348 valence electrons. The Bertz CT molecular complexity index is 2540. The van der Waals surface area contributed by atoms with Gasteiger partial charge in [-0.1, -0.05) is 59.6 Å². The molecule has 9 rings (SSSR count). The number of hydrogen-bond acceptors (Lipinski definition) is 11. The first kappa shape index (κ1) is 45.4. The Labute approximate surface area is 382 Å². The summed E-state index contributed by atoms with van der Waals surface area (Å²) in [7, 11) is -0.624. The third-order valence-corrected chi connectivity index (χ3v) is 21.1. The first-order chi connectivity index (χ1) is 30.9. The van der Waals surface area contributed by atoms with E-state index in [9.17, 15) is 9.18 Å². The van der Waals surface area contributed by atoms with E-state index in [0.717, 1.165) is 48.6 Å². The Morgan fingerprint density at radius 3 is 2.49 bits per heavy atom. The summed E-state index contributed by atoms with van der Waals surface area (Å²) in [6.07, 6.45) is 2.29. The van der Waals surface area contributed by atoms with Gasteiger partial charge < -0.3 is 28.6 Å². The first-order valence-electron chi connectivity index (χ1n) is 23.5. The van der Waals surface area contributed by atoms with E-state index in [1.165, 1.54) is 0 Å². The van der Waals surface area contributed by atoms with Gasteiger partial charge in [-0.25, -0.2) is 18.6 Å². The summed E-state index contributed by atoms with van der Waals surface area (Å²) in [6.45, 7) is 21.2. The number of piperazine rings is 1. The van der Waals surface area contributed by atoms with Gasteiger partial charge in [-0.2, -0.15) is 9.97 Å². The van der Waals surface area contributed by atoms with E-state index >= 15 is 4.39 Å². The van der Waals surface area contributed by atoms with Crippen LogP contribution in [-0.4, -0.2) is 121 Å². The molecule has 0 saturated carbocycles. The number of benzene rings is 2. The predicted octanol–water partition coefficient (Wildman–Crippen LogP) is 9.84. The average molecular weight is 911 g/mol. The van der Waals surface area contributed by atoms with E-state index in [1.54, 1.807) is 13.2 Å². The molecule has 0 aliphatic carbocycles. The first-order valence-corrected chi connectivity index (χ1v) is 25.7. The molecule has 0 unspecified atom stereocenters. The Morgan fingerprint density at radius 1 is 1.00 bits per heavy atom. The fourth-order valence-electron chi connectivity index (χ4n) is 12.1. The van der Waals surface area contributed by atoms with Gasteiger partial charge in [0.25, 0.3) is 0 Å². The minimum Gasteiger partial charge on any atom is -0.475 e. The monoisotopic (exact) mass is 910 g/mol. The number of halogens is 2. The number of aromatic nitrogens is 3. The van der Waals surface area contributed by atoms with Gasteiger partial charge in [-0.3, -0.25) is 9.80 Å². The van der Waals surface area contributed by atoms with Crippen molar-refractivity contribution in [2.45, 2.75) is 146 Å². The van der Waals surface area contributed by atoms with Crippen molar-refractivity contribution >= 4 is 41.7 Å². The lowest BCUT2D eigenvalue weighted by atomic mass is 9.95. The zero-order valence-corrected chi connectivity index (χ0v) is 40.6. The zero-order chi connectivity index (χ0) is 46.2. The maximum absolute atomic E-state index is 18.1. The van der Waals surface area contributed by atoms with E-state index < -0.39 is 31.2 Å². The number of methoxy groups -OCH3 is 1. The van der Waals surface area contributed by atoms with Gasteiger partial charge in [0.1, 0.15) is 61.2 Å². The highest BCUT2D eigenvalue weighted by atomic mass is 28.3. The van der Waals surface area contributed by atoms with Crippen LogP contribution in [0, 0.1) is 17.3 Å². The predicted molar refractivity (Wildman–Crippen MR) is 251 cm³/mol. The number of nitrogens with zero attached hydrogens (tertiary/aromatic N) is 6. The Balaban J connectivity index is 1.23. The van der Waals surface area contributed by atoms with Crippen LogP contribution in [0.1, 0.15) is 100.0 Å². The smallest absolute Gasteiger partial charge is 0.410 e. The molecule has 5 atom stereocenters. The van der Waals surface area contributed by atoms with Crippen molar-refractivity contribution in [3.63, 3.8) is 0 Å². The number of carbonyl (C=O) groups excluding carboxylic acids is 1. The highest BCUT2D eigenvalue weighted by molar-refractivity contribution is 6.90. The zero-order valence-electron chi connectivity index (χ0n) is 39.6. The van der Waals surface area contributed by atoms with Crippen LogP contribution < -0.4 is 19.1 Å². The summed E-state index contributed by atoms with van der Waals surface area (Å²) in [5.41, 5.74) is 5.18. The molecular weight excluding hydrogens is 847 g/mol. The number of ether oxygens (including phenoxy) is 5. The van der Waals surface area contributed by atoms with E-state index in [-0.39, 0.29) is 67.3 Å². The molecule has 15 heteroatoms. The van der Waals surface area contributed by atoms with Gasteiger partial charge in [0.2, 0.25) is 5.88 Å². The number of carbonyl (C=O) groups is 1. The molecule has 0 N–H and O–H groups in total. The van der Waals surface area contributed by atoms with Gasteiger partial charge in [-0.05, 0) is 93.2 Å². The summed E-state index contributed by atoms with van der Waals surface area (Å²) in [4.78, 5) is 34.9. The van der Waals surface area contributed by atoms with E-state index in [0.29, 0.717) is 58.7 Å². The Morgan fingerprint density at radius 2 is 1.77 bits per heavy atom. The van der Waals surface area contributed by atoms with E-state index in [1.807, 2.05) is 49.9 Å². The molecule has 4 aromatic rings. The Kier molecular flexibility index (Phi) is 12.0. The summed E-state index contributed by atoms with van der Waals surface area (Å²) in [6, 6.07) is 8.82. The van der Waals surface area contributed by atoms with Crippen molar-refractivity contribution in [2.75, 3.05) is 51.7 Å². The molecule has 5 aliphatic rings. The molecule has 2 aromatic carbocycles. The van der Waals surface area contributed by atoms with Gasteiger partial charge in [-0.15, -0.1) is 5.54 Å². The van der Waals surface area contributed by atoms with Crippen LogP contribution in [0.5, 0.6) is 17.6 Å². The topological polar surface area (TPSA) is 112 Å². The van der Waals surface area contributed by atoms with Crippen LogP contribution in [0.25, 0.3) is 32.9 Å². The van der Waals surface area contributed by atoms with Crippen LogP contribution in [0.2, 0.25) is 16.6 Å². The third-order valence-electron chi connectivity index (χ3n) is 14.8. The summed E-state index contributed by atoms with van der Waals surface area (Å²) in [5, 5.41) is 1.85. The van der Waals surface area contributed by atoms with E-state index in [2.05, 4.69) is 62.8 Å². The molecule has 1 amide bonds. The van der Waals surface area contributed by atoms with Gasteiger partial charge in [0, 0.05) is 43.1 Å². The third kappa shape index (κ3) is 7.94. The maximum atomic E-state index is 18.1. The largest absolute Gasteiger partial charge is 0.475 e. The van der Waals surface area contributed by atoms with Crippen LogP contribution in [-0.2, 0) is 9.47 Å². The number of fused-ring (bicyclic) bond motifs is 7. The fraction of sp³-hybridized carbons (Fsp3) is 0.600. The lowest BCUT2D eigenvalue weighted by molar-refractivity contribution is 0.00537. The highest BCUT2D eigenvalue weighted by Gasteiger charge is 2.53. The SMILES string of the molecule is COCOc1cc(-c2nc3c4c(nc(OC[C@]56CCCN5C[C@H](F)C6)nc4c2F)N2C[C@@H]4CC[C@H]([C@@H]2CO3)N4C(=O)OC(C)(C)C)c2c(C#C[Si](C(C)C)(C(C)C)C(C)C)cccc2c1. The number of hydrogen-bond donors (Lipinski definition) is 0. The van der Waals surface area contributed by atoms with Crippen molar-refractivity contribution in [3.8, 4) is 40.4 Å². The van der Waals surface area contributed by atoms with Crippen molar-refractivity contribution in [1.29, 1.82) is 0 Å². The maximum Gasteiger partial charge on any atom is 0.410 e. The molecule has 7 heterocycles. The van der Waals surface area contributed by atoms with Gasteiger partial charge in [0.05, 0.1) is 23.7 Å². The molecule has 0 radical (unpaired) electrons. The average Bonchev–Trinajstić information content (AvgIpc) is 3.85. The van der Waals surface area contributed by atoms with Gasteiger partial charge in [0.15, 0.2) is 12.6 Å². The standard InChI is InChI=1S/C50H64F2N6O6Si/c1-29(2)65(30(3)4,31(5)6)20-17-32-13-11-14-33-21-36(63-28-60-10)22-37(40(32)33)43-42(52)44-41-45(55-47(54-44)62-27-50-18-12-19-56(50)24-34(51)23-50)57-25-35-15-16-38(39(57)26-61-46(41)53-43)58(35)48(59)64-49(7,8)9/h11,13-14,21-22,29-31,34-35,38-39H,12,15-16,18-19,23-28H2,1-10H3/t34-,35+,38-,39+,50-/m1/s1. The second kappa shape index (κ2) is 17.1. The van der Waals surface area contributed by atoms with Crippen molar-refractivity contribution in [1.82, 2.24) is 24.8 Å². The Hall–Kier alpha value is -4.78. The van der Waals surface area contributed by atoms with Crippen LogP contribution in [0.15, 0.2) is 30.3 Å². The molecule has 2 aromatic heterocycles. The highest BCUT2D eigenvalue weighted by Crippen LogP contribution is 2.48. The minimum absolute atomic E-state index is 0.00564. The fourth-order valence-corrected chi connectivity index (χ4v) is 17.3. The molecule has 4 fully saturated rings. The number of anilines is 1. The van der Waals surface area contributed by atoms with Crippen LogP contribution in [0.3, 0.4) is 0 Å². The lowest BCUT2D eigenvalue weighted by Crippen LogP contribution is -2.63. The number of alkyl halides is 1. The quantitative estimate of drug-likeness (QED) is 0.0862. The molecule has 65 heavy (non-hydrogen) atoms. The normalized spacial score (nSPS) is 24.0. The molecular formula is C50H64F2N6O6Si. The minimum atomic E-state index is -2.17. The summed E-state index contributed by atoms with van der Waals surface area (Å²) in [5.74, 6) is 4.05. The molecule has 2 bridgehead atoms. The van der Waals surface area contributed by atoms with Crippen LogP contribution in [0.4, 0.5) is 19.4 Å². The summed E-state index contributed by atoms with van der Waals surface area (Å²) >= 11 is 0. The molecule has 12 nitrogen and oxygen atoms in total. The van der Waals surface area contributed by atoms with Crippen molar-refractivity contribution < 1.29 is 37.3 Å². The molecule has 4 saturated heterocycles. The number of rotatable bonds is 10. The lowest BCUT2D eigenvalue weighted by Gasteiger charge is -2.46. The number of pyridine rings is 1. The van der Waals surface area contributed by atoms with Crippen LogP contribution >= 0.6 is 0 Å². The van der Waals surface area contributed by atoms with Crippen molar-refractivity contribution in [2.24, 2.45) is 0 Å². The molecule has 0 spiro atoms. The van der Waals surface area contributed by atoms with Crippen molar-refractivity contribution in [3.05, 3.63) is 41.7 Å². The second-order valence-electron chi connectivity index (χ2n) is 20.8. The second-order valence-corrected chi connectivity index (χ2v) is 26.4. The van der Waals surface area contributed by atoms with E-state index in [4.69, 9.17) is 38.6 Å². The number of amides is 1. The van der Waals surface area contributed by atoms with Gasteiger partial charge >= 0.3 is 12.1 Å². The molecule has 5 aliphatic heterocycles.